The van der Waals surface area contributed by atoms with Crippen molar-refractivity contribution in [3.63, 3.8) is 0 Å². The second-order valence-corrected chi connectivity index (χ2v) is 18.6. The number of aromatic nitrogens is 2. The number of ether oxygens (including phenoxy) is 2. The van der Waals surface area contributed by atoms with Crippen molar-refractivity contribution < 1.29 is 101 Å². The lowest BCUT2D eigenvalue weighted by atomic mass is 9.94. The normalized spacial score (nSPS) is 10.0. The first-order valence-corrected chi connectivity index (χ1v) is 25.7. The number of rotatable bonds is 21. The van der Waals surface area contributed by atoms with Crippen molar-refractivity contribution in [1.82, 2.24) is 22.3 Å². The van der Waals surface area contributed by atoms with Crippen LogP contribution in [0.15, 0.2) is 88.5 Å². The number of methoxy groups -OCH3 is 2. The number of ketones is 5. The van der Waals surface area contributed by atoms with E-state index in [1.165, 1.54) is 45.2 Å². The van der Waals surface area contributed by atoms with Gasteiger partial charge in [-0.25, -0.2) is 0 Å². The maximum Gasteiger partial charge on any atom is 0.248 e. The molecule has 5 aromatic carbocycles. The molecule has 0 fully saturated rings. The Morgan fingerprint density at radius 3 is 1.30 bits per heavy atom. The molecule has 0 radical (unpaired) electrons. The van der Waals surface area contributed by atoms with Crippen LogP contribution in [0.25, 0.3) is 21.5 Å². The van der Waals surface area contributed by atoms with E-state index in [1.54, 1.807) is 55.6 Å². The molecule has 26 heteroatoms. The summed E-state index contributed by atoms with van der Waals surface area (Å²) in [5.74, 6) is -0.620. The molecule has 2 aromatic heterocycles. The number of fused-ring (bicyclic) bond motifs is 2. The molecule has 7 rings (SSSR count). The second-order valence-electron chi connectivity index (χ2n) is 18.6. The third-order valence-electron chi connectivity index (χ3n) is 12.8. The average molecular weight is 1220 g/mol. The van der Waals surface area contributed by atoms with Crippen molar-refractivity contribution in [2.45, 2.75) is 99.8 Å². The number of carbonyl (C=O) groups is 5. The summed E-state index contributed by atoms with van der Waals surface area (Å²) >= 11 is 0. The number of pyridine rings is 2. The first-order valence-electron chi connectivity index (χ1n) is 25.7. The van der Waals surface area contributed by atoms with E-state index in [0.717, 1.165) is 38.5 Å². The van der Waals surface area contributed by atoms with Crippen molar-refractivity contribution in [3.05, 3.63) is 183 Å². The molecule has 0 spiro atoms. The minimum Gasteiger partial charge on any atom is -0.496 e. The third-order valence-corrected chi connectivity index (χ3v) is 12.8. The molecular formula is C61H82N4O22. The van der Waals surface area contributed by atoms with Crippen molar-refractivity contribution in [2.24, 2.45) is 0 Å². The Balaban J connectivity index is 0. The molecule has 23 N–H and O–H groups in total. The van der Waals surface area contributed by atoms with Crippen LogP contribution in [0, 0.1) is 13.8 Å². The second kappa shape index (κ2) is 40.3. The molecule has 0 saturated heterocycles. The Labute approximate surface area is 500 Å². The Kier molecular flexibility index (Phi) is 37.5. The minimum absolute atomic E-state index is 0. The zero-order valence-electron chi connectivity index (χ0n) is 49.4. The first-order chi connectivity index (χ1) is 39.6. The van der Waals surface area contributed by atoms with Gasteiger partial charge in [0.15, 0.2) is 28.9 Å². The summed E-state index contributed by atoms with van der Waals surface area (Å²) in [4.78, 5) is 84.6. The van der Waals surface area contributed by atoms with Crippen LogP contribution in [0.4, 0.5) is 0 Å². The van der Waals surface area contributed by atoms with Gasteiger partial charge in [0.05, 0.1) is 72.6 Å². The van der Waals surface area contributed by atoms with E-state index in [1.807, 2.05) is 19.9 Å². The monoisotopic (exact) mass is 1220 g/mol. The van der Waals surface area contributed by atoms with Gasteiger partial charge >= 0.3 is 0 Å². The van der Waals surface area contributed by atoms with Crippen molar-refractivity contribution in [2.75, 3.05) is 34.0 Å². The molecule has 87 heavy (non-hydrogen) atoms. The van der Waals surface area contributed by atoms with Crippen LogP contribution >= 0.6 is 0 Å². The fourth-order valence-electron chi connectivity index (χ4n) is 8.78. The molecule has 0 amide bonds. The molecular weight excluding hydrogens is 1140 g/mol. The largest absolute Gasteiger partial charge is 0.496 e. The van der Waals surface area contributed by atoms with Gasteiger partial charge in [-0.15, -0.1) is 0 Å². The van der Waals surface area contributed by atoms with Crippen molar-refractivity contribution in [3.8, 4) is 11.5 Å². The van der Waals surface area contributed by atoms with Crippen LogP contribution < -0.4 is 32.9 Å². The number of H-pyrrole nitrogens is 2. The number of aliphatic hydroxyl groups is 11. The van der Waals surface area contributed by atoms with Gasteiger partial charge in [0.25, 0.3) is 0 Å². The summed E-state index contributed by atoms with van der Waals surface area (Å²) in [6, 6.07) is 21.4. The molecule has 0 bridgehead atoms. The topological polar surface area (TPSA) is 525 Å². The number of nitrogens with one attached hydrogen (secondary N) is 2. The summed E-state index contributed by atoms with van der Waals surface area (Å²) in [5, 5.41) is 102. The summed E-state index contributed by atoms with van der Waals surface area (Å²) in [6.07, 6.45) is 0.0484. The summed E-state index contributed by atoms with van der Waals surface area (Å²) in [7, 11) is 2.96. The molecule has 0 aliphatic carbocycles. The Morgan fingerprint density at radius 2 is 0.816 bits per heavy atom. The molecule has 7 aromatic rings. The highest BCUT2D eigenvalue weighted by Gasteiger charge is 2.20. The van der Waals surface area contributed by atoms with E-state index in [4.69, 9.17) is 50.3 Å². The fraction of sp³-hybridized carbons (Fsp3) is 0.328. The van der Waals surface area contributed by atoms with Gasteiger partial charge in [0, 0.05) is 70.2 Å². The average Bonchev–Trinajstić information content (AvgIpc) is 3.28. The highest BCUT2D eigenvalue weighted by atomic mass is 16.5. The number of benzene rings is 5. The number of Topliss-reactive ketones (excluding diaryl/α,β-unsaturated/α-hetero) is 5. The summed E-state index contributed by atoms with van der Waals surface area (Å²) in [6.45, 7) is 3.24. The predicted molar refractivity (Wildman–Crippen MR) is 323 cm³/mol. The number of aryl methyl sites for hydroxylation is 2. The van der Waals surface area contributed by atoms with Gasteiger partial charge in [-0.1, -0.05) is 48.5 Å². The molecule has 2 heterocycles. The van der Waals surface area contributed by atoms with Gasteiger partial charge in [-0.2, -0.15) is 0 Å². The maximum absolute atomic E-state index is 11.6. The van der Waals surface area contributed by atoms with Gasteiger partial charge < -0.3 is 98.9 Å². The zero-order valence-corrected chi connectivity index (χ0v) is 49.4. The van der Waals surface area contributed by atoms with E-state index in [0.29, 0.717) is 66.9 Å². The lowest BCUT2D eigenvalue weighted by Crippen LogP contribution is -2.12. The lowest BCUT2D eigenvalue weighted by Gasteiger charge is -2.14. The number of hydrogen-bond donors (Lipinski definition) is 15. The number of aromatic amines is 2. The van der Waals surface area contributed by atoms with Crippen LogP contribution in [0.3, 0.4) is 0 Å². The van der Waals surface area contributed by atoms with Gasteiger partial charge in [-0.05, 0) is 107 Å². The van der Waals surface area contributed by atoms with Crippen LogP contribution in [0.5, 0.6) is 11.5 Å². The van der Waals surface area contributed by atoms with E-state index < -0.39 is 25.6 Å². The van der Waals surface area contributed by atoms with E-state index >= 15 is 0 Å². The smallest absolute Gasteiger partial charge is 0.248 e. The predicted octanol–water partition coefficient (Wildman–Crippen LogP) is 1.08. The molecule has 26 nitrogen and oxygen atoms in total. The van der Waals surface area contributed by atoms with E-state index in [-0.39, 0.29) is 141 Å². The molecule has 0 unspecified atom stereocenters. The zero-order chi connectivity index (χ0) is 62.1. The fourth-order valence-corrected chi connectivity index (χ4v) is 8.78. The Hall–Kier alpha value is -8.13. The van der Waals surface area contributed by atoms with Crippen LogP contribution in [0.1, 0.15) is 107 Å². The van der Waals surface area contributed by atoms with Crippen LogP contribution in [-0.4, -0.2) is 140 Å². The highest BCUT2D eigenvalue weighted by Crippen LogP contribution is 2.31. The Morgan fingerprint density at radius 1 is 0.414 bits per heavy atom. The first kappa shape index (κ1) is 80.9. The molecule has 478 valence electrons. The third kappa shape index (κ3) is 22.6. The summed E-state index contributed by atoms with van der Waals surface area (Å²) in [5.41, 5.74) is 8.26. The van der Waals surface area contributed by atoms with E-state index in [9.17, 15) is 48.9 Å². The molecule has 0 atom stereocenters. The molecule has 0 saturated carbocycles. The standard InChI is InChI=1S/2C13H16O5.2C12H13NO3.C11H14O4.2H3N.2H2O/c1-8(17)13-4-11(6-15)10(5-14)2-9(13)3-12(18)7-16;1-8(16)12-9(5-11(17)7-15)3-4-10(6-14)13(12)18-2;1-7-11-3-10(6-15)9(5-14)2-8(11)4-12(16)13-7;1-7-11-8(5-10(15)13-7)3-4-9(6-14)12(11)16-2;12-5-9-2-1-8(3-10(9)6-13)4-11(15)7-14;;;;/h2,4,14-16H,3,5-7H2,1H3;3-4,14-15H,5-7H2,1-2H3;2-4,14-15H,5-6H2,1H3,(H,13,16);3-5,14H,6H2,1-2H3,(H,13,15);1-3,12-14H,4-7H2;2*1H3;2*1H2. The van der Waals surface area contributed by atoms with Gasteiger partial charge in [-0.3, -0.25) is 33.6 Å². The lowest BCUT2D eigenvalue weighted by molar-refractivity contribution is -0.121. The van der Waals surface area contributed by atoms with Crippen LogP contribution in [0.2, 0.25) is 0 Å². The number of carbonyl (C=O) groups excluding carboxylic acids is 5. The highest BCUT2D eigenvalue weighted by molar-refractivity contribution is 6.00. The quantitative estimate of drug-likeness (QED) is 0.0448. The van der Waals surface area contributed by atoms with Crippen molar-refractivity contribution in [1.29, 1.82) is 0 Å². The van der Waals surface area contributed by atoms with Crippen LogP contribution in [-0.2, 0) is 86.5 Å². The number of hydrogen-bond acceptors (Lipinski definition) is 22. The molecule has 0 aliphatic rings. The van der Waals surface area contributed by atoms with Gasteiger partial charge in [0.2, 0.25) is 11.1 Å². The minimum atomic E-state index is -0.590. The number of aliphatic hydroxyl groups excluding tert-OH is 11. The van der Waals surface area contributed by atoms with Gasteiger partial charge in [0.1, 0.15) is 31.3 Å². The molecule has 0 aliphatic heterocycles. The maximum atomic E-state index is 11.6. The summed E-state index contributed by atoms with van der Waals surface area (Å²) < 4.78 is 10.4. The van der Waals surface area contributed by atoms with E-state index in [2.05, 4.69) is 9.97 Å². The SMILES string of the molecule is CC(=O)c1cc(CO)c(CO)cc1CC(=O)CO.COc1c(CO)ccc(CC(=O)CO)c1C(C)=O.COc1c(CO)ccc2cc(=O)[nH]c(C)c12.Cc1[nH]c(=O)cc2cc(CO)c(CO)cc12.N.N.O.O.O=C(CO)Cc1ccc(CO)c(CO)c1. The Bertz CT molecular complexity index is 3490. The van der Waals surface area contributed by atoms with Crippen molar-refractivity contribution >= 4 is 50.5 Å².